The number of amides is 1. The number of methoxy groups -OCH3 is 1. The normalized spacial score (nSPS) is 11.7. The zero-order valence-electron chi connectivity index (χ0n) is 16.2. The summed E-state index contributed by atoms with van der Waals surface area (Å²) in [6.45, 7) is 7.91. The summed E-state index contributed by atoms with van der Waals surface area (Å²) in [6.07, 6.45) is 0.371. The molecular weight excluding hydrogens is 326 g/mol. The molecule has 0 bridgehead atoms. The van der Waals surface area contributed by atoms with Gasteiger partial charge in [0, 0.05) is 24.0 Å². The van der Waals surface area contributed by atoms with Gasteiger partial charge in [-0.05, 0) is 51.0 Å². The van der Waals surface area contributed by atoms with Gasteiger partial charge < -0.3 is 10.1 Å². The van der Waals surface area contributed by atoms with E-state index in [1.54, 1.807) is 7.11 Å². The van der Waals surface area contributed by atoms with Crippen LogP contribution in [0.3, 0.4) is 0 Å². The van der Waals surface area contributed by atoms with Gasteiger partial charge in [0.25, 0.3) is 0 Å². The highest BCUT2D eigenvalue weighted by Gasteiger charge is 2.16. The van der Waals surface area contributed by atoms with E-state index in [0.717, 1.165) is 28.0 Å². The predicted molar refractivity (Wildman–Crippen MR) is 104 cm³/mol. The molecule has 0 heterocycles. The number of nitrogens with one attached hydrogen (secondary N) is 1. The number of rotatable bonds is 7. The third-order valence-electron chi connectivity index (χ3n) is 4.64. The highest BCUT2D eigenvalue weighted by atomic mass is 16.5. The largest absolute Gasteiger partial charge is 0.496 e. The van der Waals surface area contributed by atoms with Crippen molar-refractivity contribution in [3.63, 3.8) is 0 Å². The van der Waals surface area contributed by atoms with Crippen LogP contribution >= 0.6 is 0 Å². The molecule has 0 radical (unpaired) electrons. The van der Waals surface area contributed by atoms with Gasteiger partial charge in [-0.15, -0.1) is 0 Å². The molecule has 1 atom stereocenters. The molecule has 0 saturated heterocycles. The van der Waals surface area contributed by atoms with Crippen LogP contribution in [0, 0.1) is 20.8 Å². The smallest absolute Gasteiger partial charge is 0.220 e. The van der Waals surface area contributed by atoms with Gasteiger partial charge in [-0.1, -0.05) is 29.8 Å². The van der Waals surface area contributed by atoms with Crippen molar-refractivity contribution in [3.8, 4) is 5.75 Å². The molecule has 0 spiro atoms. The number of aryl methyl sites for hydroxylation is 3. The second-order valence-electron chi connectivity index (χ2n) is 6.76. The van der Waals surface area contributed by atoms with Crippen LogP contribution in [0.15, 0.2) is 36.4 Å². The van der Waals surface area contributed by atoms with E-state index in [4.69, 9.17) is 4.74 Å². The van der Waals surface area contributed by atoms with E-state index in [0.29, 0.717) is 5.56 Å². The number of ether oxygens (including phenoxy) is 1. The number of carbonyl (C=O) groups is 2. The van der Waals surface area contributed by atoms with Crippen LogP contribution in [-0.2, 0) is 4.79 Å². The topological polar surface area (TPSA) is 55.4 Å². The van der Waals surface area contributed by atoms with Crippen molar-refractivity contribution in [1.82, 2.24) is 5.32 Å². The molecule has 138 valence electrons. The summed E-state index contributed by atoms with van der Waals surface area (Å²) in [5.74, 6) is 0.594. The molecule has 26 heavy (non-hydrogen) atoms. The molecule has 0 aliphatic heterocycles. The van der Waals surface area contributed by atoms with Crippen LogP contribution < -0.4 is 10.1 Å². The van der Waals surface area contributed by atoms with Gasteiger partial charge in [0.15, 0.2) is 5.78 Å². The minimum atomic E-state index is -0.186. The molecule has 4 heteroatoms. The van der Waals surface area contributed by atoms with Crippen LogP contribution in [0.1, 0.15) is 58.4 Å². The minimum absolute atomic E-state index is 0.0101. The minimum Gasteiger partial charge on any atom is -0.496 e. The van der Waals surface area contributed by atoms with Crippen LogP contribution in [0.25, 0.3) is 0 Å². The van der Waals surface area contributed by atoms with E-state index in [1.807, 2.05) is 64.1 Å². The van der Waals surface area contributed by atoms with Crippen LogP contribution in [0.4, 0.5) is 0 Å². The number of carbonyl (C=O) groups excluding carboxylic acids is 2. The molecule has 2 aromatic carbocycles. The summed E-state index contributed by atoms with van der Waals surface area (Å²) in [4.78, 5) is 24.6. The monoisotopic (exact) mass is 353 g/mol. The Morgan fingerprint density at radius 3 is 2.38 bits per heavy atom. The Morgan fingerprint density at radius 1 is 1.00 bits per heavy atom. The van der Waals surface area contributed by atoms with E-state index < -0.39 is 0 Å². The molecule has 1 amide bonds. The molecule has 0 unspecified atom stereocenters. The number of Topliss-reactive ketones (excluding diaryl/α,β-unsaturated/α-hetero) is 1. The molecule has 1 N–H and O–H groups in total. The Hall–Kier alpha value is -2.62. The summed E-state index contributed by atoms with van der Waals surface area (Å²) in [6, 6.07) is 11.3. The summed E-state index contributed by atoms with van der Waals surface area (Å²) < 4.78 is 5.37. The third-order valence-corrected chi connectivity index (χ3v) is 4.64. The molecule has 0 aliphatic rings. The lowest BCUT2D eigenvalue weighted by Gasteiger charge is -2.18. The zero-order valence-corrected chi connectivity index (χ0v) is 16.2. The van der Waals surface area contributed by atoms with Gasteiger partial charge in [-0.3, -0.25) is 9.59 Å². The van der Waals surface area contributed by atoms with Crippen molar-refractivity contribution in [2.75, 3.05) is 7.11 Å². The van der Waals surface area contributed by atoms with E-state index >= 15 is 0 Å². The first-order chi connectivity index (χ1) is 12.3. The molecule has 0 saturated carbocycles. The quantitative estimate of drug-likeness (QED) is 0.748. The first-order valence-corrected chi connectivity index (χ1v) is 8.86. The zero-order chi connectivity index (χ0) is 19.3. The average Bonchev–Trinajstić information content (AvgIpc) is 2.61. The van der Waals surface area contributed by atoms with Crippen molar-refractivity contribution in [2.45, 2.75) is 46.6 Å². The average molecular weight is 353 g/mol. The number of benzene rings is 2. The number of hydrogen-bond donors (Lipinski definition) is 1. The van der Waals surface area contributed by atoms with Gasteiger partial charge in [0.05, 0.1) is 13.2 Å². The lowest BCUT2D eigenvalue weighted by atomic mass is 10.0. The summed E-state index contributed by atoms with van der Waals surface area (Å²) in [7, 11) is 1.62. The second-order valence-corrected chi connectivity index (χ2v) is 6.76. The lowest BCUT2D eigenvalue weighted by molar-refractivity contribution is -0.121. The standard InChI is InChI=1S/C22H27NO3/c1-14-6-10-21(26-5)19(12-14)17(4)23-22(25)11-9-20(24)18-8-7-15(2)16(3)13-18/h6-8,10,12-13,17H,9,11H2,1-5H3,(H,23,25)/t17-/m0/s1. The third kappa shape index (κ3) is 4.94. The van der Waals surface area contributed by atoms with E-state index in [2.05, 4.69) is 5.32 Å². The highest BCUT2D eigenvalue weighted by Crippen LogP contribution is 2.26. The maximum Gasteiger partial charge on any atom is 0.220 e. The number of hydrogen-bond acceptors (Lipinski definition) is 3. The number of ketones is 1. The van der Waals surface area contributed by atoms with Crippen LogP contribution in [0.2, 0.25) is 0 Å². The summed E-state index contributed by atoms with van der Waals surface area (Å²) in [5.41, 5.74) is 4.93. The highest BCUT2D eigenvalue weighted by molar-refractivity contribution is 5.98. The van der Waals surface area contributed by atoms with Crippen LogP contribution in [0.5, 0.6) is 5.75 Å². The first kappa shape index (κ1) is 19.7. The Kier molecular flexibility index (Phi) is 6.56. The summed E-state index contributed by atoms with van der Waals surface area (Å²) >= 11 is 0. The van der Waals surface area contributed by atoms with E-state index in [1.165, 1.54) is 0 Å². The summed E-state index contributed by atoms with van der Waals surface area (Å²) in [5, 5.41) is 2.95. The first-order valence-electron chi connectivity index (χ1n) is 8.86. The van der Waals surface area contributed by atoms with Crippen molar-refractivity contribution >= 4 is 11.7 Å². The van der Waals surface area contributed by atoms with E-state index in [-0.39, 0.29) is 30.6 Å². The Bertz CT molecular complexity index is 811. The molecule has 2 rings (SSSR count). The molecule has 4 nitrogen and oxygen atoms in total. The maximum absolute atomic E-state index is 12.3. The fourth-order valence-electron chi connectivity index (χ4n) is 2.87. The molecular formula is C22H27NO3. The molecule has 0 aromatic heterocycles. The van der Waals surface area contributed by atoms with Crippen molar-refractivity contribution in [3.05, 3.63) is 64.2 Å². The Balaban J connectivity index is 1.95. The van der Waals surface area contributed by atoms with Crippen LogP contribution in [-0.4, -0.2) is 18.8 Å². The van der Waals surface area contributed by atoms with Crippen molar-refractivity contribution < 1.29 is 14.3 Å². The molecule has 0 aliphatic carbocycles. The van der Waals surface area contributed by atoms with Crippen molar-refractivity contribution in [2.24, 2.45) is 0 Å². The lowest BCUT2D eigenvalue weighted by Crippen LogP contribution is -2.27. The Labute approximate surface area is 155 Å². The second kappa shape index (κ2) is 8.65. The Morgan fingerprint density at radius 2 is 1.73 bits per heavy atom. The van der Waals surface area contributed by atoms with Gasteiger partial charge in [0.1, 0.15) is 5.75 Å². The van der Waals surface area contributed by atoms with E-state index in [9.17, 15) is 9.59 Å². The van der Waals surface area contributed by atoms with Gasteiger partial charge in [-0.2, -0.15) is 0 Å². The molecule has 0 fully saturated rings. The fraction of sp³-hybridized carbons (Fsp3) is 0.364. The maximum atomic E-state index is 12.3. The van der Waals surface area contributed by atoms with Gasteiger partial charge in [-0.25, -0.2) is 0 Å². The SMILES string of the molecule is COc1ccc(C)cc1[C@H](C)NC(=O)CCC(=O)c1ccc(C)c(C)c1. The van der Waals surface area contributed by atoms with Gasteiger partial charge >= 0.3 is 0 Å². The van der Waals surface area contributed by atoms with Gasteiger partial charge in [0.2, 0.25) is 5.91 Å². The van der Waals surface area contributed by atoms with Crippen molar-refractivity contribution in [1.29, 1.82) is 0 Å². The fourth-order valence-corrected chi connectivity index (χ4v) is 2.87. The predicted octanol–water partition coefficient (Wildman–Crippen LogP) is 4.46. The molecule has 2 aromatic rings.